The zero-order valence-corrected chi connectivity index (χ0v) is 26.0. The van der Waals surface area contributed by atoms with Crippen molar-refractivity contribution in [1.82, 2.24) is 4.57 Å². The number of aromatic nitrogens is 1. The summed E-state index contributed by atoms with van der Waals surface area (Å²) in [4.78, 5) is 0. The predicted molar refractivity (Wildman–Crippen MR) is 191 cm³/mol. The SMILES string of the molecule is Cc1ccccc1Nc1ccc(C(c2ccc(Nc3ccccc3C)cc2)c2c(-c3ccccc3)n(C)c3ccccc23)cc1. The molecular weight excluding hydrogens is 546 g/mol. The second-order valence-electron chi connectivity index (χ2n) is 11.8. The minimum Gasteiger partial charge on any atom is -0.355 e. The molecule has 0 aliphatic carbocycles. The van der Waals surface area contributed by atoms with Crippen molar-refractivity contribution in [3.8, 4) is 11.3 Å². The molecule has 7 aromatic rings. The highest BCUT2D eigenvalue weighted by Crippen LogP contribution is 2.44. The lowest BCUT2D eigenvalue weighted by Gasteiger charge is -2.22. The van der Waals surface area contributed by atoms with Gasteiger partial charge in [0.05, 0.1) is 5.69 Å². The fourth-order valence-corrected chi connectivity index (χ4v) is 6.44. The van der Waals surface area contributed by atoms with E-state index >= 15 is 0 Å². The van der Waals surface area contributed by atoms with Gasteiger partial charge in [-0.1, -0.05) is 109 Å². The highest BCUT2D eigenvalue weighted by molar-refractivity contribution is 5.93. The lowest BCUT2D eigenvalue weighted by atomic mass is 9.82. The van der Waals surface area contributed by atoms with Gasteiger partial charge in [0.1, 0.15) is 0 Å². The average Bonchev–Trinajstić information content (AvgIpc) is 3.37. The van der Waals surface area contributed by atoms with Gasteiger partial charge in [0.2, 0.25) is 0 Å². The molecule has 6 aromatic carbocycles. The van der Waals surface area contributed by atoms with Crippen LogP contribution in [0, 0.1) is 13.8 Å². The first-order valence-corrected chi connectivity index (χ1v) is 15.5. The molecule has 0 bridgehead atoms. The zero-order valence-electron chi connectivity index (χ0n) is 26.0. The first kappa shape index (κ1) is 28.2. The van der Waals surface area contributed by atoms with Crippen LogP contribution in [-0.2, 0) is 7.05 Å². The van der Waals surface area contributed by atoms with Gasteiger partial charge in [0.25, 0.3) is 0 Å². The molecule has 3 nitrogen and oxygen atoms in total. The summed E-state index contributed by atoms with van der Waals surface area (Å²) in [5.41, 5.74) is 14.3. The molecule has 0 fully saturated rings. The van der Waals surface area contributed by atoms with Crippen LogP contribution in [0.25, 0.3) is 22.2 Å². The van der Waals surface area contributed by atoms with Gasteiger partial charge in [-0.3, -0.25) is 0 Å². The van der Waals surface area contributed by atoms with Crippen molar-refractivity contribution in [2.45, 2.75) is 19.8 Å². The van der Waals surface area contributed by atoms with Crippen LogP contribution >= 0.6 is 0 Å². The number of para-hydroxylation sites is 3. The fraction of sp³-hybridized carbons (Fsp3) is 0.0952. The molecule has 1 heterocycles. The summed E-state index contributed by atoms with van der Waals surface area (Å²) < 4.78 is 2.36. The van der Waals surface area contributed by atoms with Crippen molar-refractivity contribution in [3.63, 3.8) is 0 Å². The maximum Gasteiger partial charge on any atom is 0.0530 e. The summed E-state index contributed by atoms with van der Waals surface area (Å²) in [7, 11) is 2.19. The molecule has 0 aliphatic heterocycles. The van der Waals surface area contributed by atoms with Crippen molar-refractivity contribution in [3.05, 3.63) is 179 Å². The summed E-state index contributed by atoms with van der Waals surface area (Å²) in [5, 5.41) is 8.49. The Morgan fingerprint density at radius 2 is 0.956 bits per heavy atom. The third kappa shape index (κ3) is 5.61. The van der Waals surface area contributed by atoms with Crippen LogP contribution in [0.3, 0.4) is 0 Å². The average molecular weight is 584 g/mol. The first-order valence-electron chi connectivity index (χ1n) is 15.5. The summed E-state index contributed by atoms with van der Waals surface area (Å²) in [6.45, 7) is 4.27. The maximum absolute atomic E-state index is 3.61. The van der Waals surface area contributed by atoms with Gasteiger partial charge in [-0.25, -0.2) is 0 Å². The van der Waals surface area contributed by atoms with E-state index in [0.717, 1.165) is 22.7 Å². The quantitative estimate of drug-likeness (QED) is 0.186. The van der Waals surface area contributed by atoms with Gasteiger partial charge < -0.3 is 15.2 Å². The van der Waals surface area contributed by atoms with Gasteiger partial charge in [0, 0.05) is 46.6 Å². The molecule has 0 spiro atoms. The highest BCUT2D eigenvalue weighted by Gasteiger charge is 2.27. The van der Waals surface area contributed by atoms with Crippen molar-refractivity contribution in [1.29, 1.82) is 0 Å². The van der Waals surface area contributed by atoms with Gasteiger partial charge >= 0.3 is 0 Å². The molecule has 0 aliphatic rings. The molecule has 3 heteroatoms. The van der Waals surface area contributed by atoms with E-state index in [4.69, 9.17) is 0 Å². The Balaban J connectivity index is 1.36. The third-order valence-corrected chi connectivity index (χ3v) is 8.82. The van der Waals surface area contributed by atoms with Crippen molar-refractivity contribution < 1.29 is 0 Å². The number of nitrogens with one attached hydrogen (secondary N) is 2. The van der Waals surface area contributed by atoms with E-state index in [1.165, 1.54) is 50.0 Å². The Hall–Kier alpha value is -5.54. The van der Waals surface area contributed by atoms with Crippen LogP contribution in [0.1, 0.15) is 33.7 Å². The number of fused-ring (bicyclic) bond motifs is 1. The van der Waals surface area contributed by atoms with E-state index < -0.39 is 0 Å². The monoisotopic (exact) mass is 583 g/mol. The van der Waals surface area contributed by atoms with E-state index in [2.05, 4.69) is 188 Å². The summed E-state index contributed by atoms with van der Waals surface area (Å²) in [6, 6.07) is 54.3. The third-order valence-electron chi connectivity index (χ3n) is 8.82. The lowest BCUT2D eigenvalue weighted by Crippen LogP contribution is -2.06. The van der Waals surface area contributed by atoms with Crippen LogP contribution in [0.5, 0.6) is 0 Å². The Morgan fingerprint density at radius 1 is 0.489 bits per heavy atom. The Morgan fingerprint density at radius 3 is 1.49 bits per heavy atom. The minimum atomic E-state index is 0.0197. The van der Waals surface area contributed by atoms with Crippen LogP contribution in [-0.4, -0.2) is 4.57 Å². The maximum atomic E-state index is 3.61. The van der Waals surface area contributed by atoms with Gasteiger partial charge in [-0.2, -0.15) is 0 Å². The standard InChI is InChI=1S/C42H37N3/c1-29-13-7-10-18-37(29)43-34-25-21-31(22-26-34)40(32-23-27-35(28-24-32)44-38-19-11-8-14-30(38)2)41-36-17-9-12-20-39(36)45(3)42(41)33-15-5-4-6-16-33/h4-28,40,43-44H,1-3H3. The van der Waals surface area contributed by atoms with Crippen molar-refractivity contribution in [2.75, 3.05) is 10.6 Å². The van der Waals surface area contributed by atoms with Crippen LogP contribution < -0.4 is 10.6 Å². The van der Waals surface area contributed by atoms with Gasteiger partial charge in [0.15, 0.2) is 0 Å². The van der Waals surface area contributed by atoms with Gasteiger partial charge in [-0.15, -0.1) is 0 Å². The summed E-state index contributed by atoms with van der Waals surface area (Å²) >= 11 is 0. The zero-order chi connectivity index (χ0) is 30.8. The molecule has 0 unspecified atom stereocenters. The minimum absolute atomic E-state index is 0.0197. The largest absolute Gasteiger partial charge is 0.355 e. The molecule has 220 valence electrons. The lowest BCUT2D eigenvalue weighted by molar-refractivity contribution is 0.937. The van der Waals surface area contributed by atoms with Crippen LogP contribution in [0.2, 0.25) is 0 Å². The number of nitrogens with zero attached hydrogens (tertiary/aromatic N) is 1. The highest BCUT2D eigenvalue weighted by atomic mass is 15.0. The van der Waals surface area contributed by atoms with E-state index in [-0.39, 0.29) is 5.92 Å². The van der Waals surface area contributed by atoms with E-state index in [0.29, 0.717) is 0 Å². The van der Waals surface area contributed by atoms with Crippen LogP contribution in [0.15, 0.2) is 152 Å². The molecule has 0 radical (unpaired) electrons. The Labute approximate surface area is 265 Å². The normalized spacial score (nSPS) is 11.2. The number of rotatable bonds is 8. The second kappa shape index (κ2) is 12.2. The number of benzene rings is 6. The number of anilines is 4. The molecule has 1 aromatic heterocycles. The molecule has 0 amide bonds. The molecule has 45 heavy (non-hydrogen) atoms. The molecule has 7 rings (SSSR count). The number of hydrogen-bond donors (Lipinski definition) is 2. The molecule has 2 N–H and O–H groups in total. The fourth-order valence-electron chi connectivity index (χ4n) is 6.44. The summed E-state index contributed by atoms with van der Waals surface area (Å²) in [5.74, 6) is 0.0197. The molecule has 0 saturated carbocycles. The summed E-state index contributed by atoms with van der Waals surface area (Å²) in [6.07, 6.45) is 0. The number of aryl methyl sites for hydroxylation is 3. The molecular formula is C42H37N3. The van der Waals surface area contributed by atoms with E-state index in [1.54, 1.807) is 0 Å². The Kier molecular flexibility index (Phi) is 7.67. The van der Waals surface area contributed by atoms with Crippen LogP contribution in [0.4, 0.5) is 22.7 Å². The molecule has 0 atom stereocenters. The predicted octanol–water partition coefficient (Wildman–Crippen LogP) is 11.1. The topological polar surface area (TPSA) is 29.0 Å². The van der Waals surface area contributed by atoms with E-state index in [1.807, 2.05) is 0 Å². The number of hydrogen-bond acceptors (Lipinski definition) is 2. The van der Waals surface area contributed by atoms with Crippen molar-refractivity contribution in [2.24, 2.45) is 7.05 Å². The smallest absolute Gasteiger partial charge is 0.0530 e. The van der Waals surface area contributed by atoms with Gasteiger partial charge in [-0.05, 0) is 89.7 Å². The second-order valence-corrected chi connectivity index (χ2v) is 11.8. The Bertz CT molecular complexity index is 1980. The first-order chi connectivity index (χ1) is 22.1. The van der Waals surface area contributed by atoms with E-state index in [9.17, 15) is 0 Å². The molecule has 0 saturated heterocycles. The van der Waals surface area contributed by atoms with Crippen molar-refractivity contribution >= 4 is 33.7 Å².